The van der Waals surface area contributed by atoms with E-state index in [4.69, 9.17) is 11.6 Å². The third kappa shape index (κ3) is 2.44. The number of fused-ring (bicyclic) bond motifs is 3. The van der Waals surface area contributed by atoms with Crippen molar-refractivity contribution in [2.45, 2.75) is 23.8 Å². The van der Waals surface area contributed by atoms with Gasteiger partial charge in [0, 0.05) is 28.7 Å². The highest BCUT2D eigenvalue weighted by Crippen LogP contribution is 2.24. The van der Waals surface area contributed by atoms with Crippen molar-refractivity contribution in [3.8, 4) is 0 Å². The lowest BCUT2D eigenvalue weighted by molar-refractivity contribution is -0.924. The number of halogens is 1. The zero-order valence-electron chi connectivity index (χ0n) is 10.2. The molecule has 0 unspecified atom stereocenters. The SMILES string of the molecule is O=C1C2CC[NH+](CC2)[C@@H]1CSc1ccc(Cl)cc1. The van der Waals surface area contributed by atoms with Crippen molar-refractivity contribution < 1.29 is 9.69 Å². The number of Topliss-reactive ketones (excluding diaryl/α,β-unsaturated/α-hetero) is 1. The summed E-state index contributed by atoms with van der Waals surface area (Å²) in [5.41, 5.74) is 0. The zero-order valence-corrected chi connectivity index (χ0v) is 11.8. The van der Waals surface area contributed by atoms with Crippen molar-refractivity contribution in [2.24, 2.45) is 5.92 Å². The molecule has 4 heteroatoms. The van der Waals surface area contributed by atoms with Crippen molar-refractivity contribution in [3.63, 3.8) is 0 Å². The van der Waals surface area contributed by atoms with Crippen molar-refractivity contribution in [1.82, 2.24) is 0 Å². The maximum absolute atomic E-state index is 12.2. The van der Waals surface area contributed by atoms with Crippen LogP contribution in [-0.2, 0) is 4.79 Å². The van der Waals surface area contributed by atoms with E-state index in [9.17, 15) is 4.79 Å². The number of hydrogen-bond donors (Lipinski definition) is 1. The minimum Gasteiger partial charge on any atom is -0.326 e. The number of nitrogens with one attached hydrogen (secondary N) is 1. The van der Waals surface area contributed by atoms with E-state index in [0.717, 1.165) is 23.6 Å². The number of quaternary nitrogens is 1. The largest absolute Gasteiger partial charge is 0.326 e. The first kappa shape index (κ1) is 12.5. The molecule has 0 radical (unpaired) electrons. The van der Waals surface area contributed by atoms with E-state index in [-0.39, 0.29) is 6.04 Å². The molecule has 1 N–H and O–H groups in total. The molecule has 1 aromatic carbocycles. The molecule has 3 aliphatic rings. The van der Waals surface area contributed by atoms with E-state index in [1.807, 2.05) is 24.3 Å². The van der Waals surface area contributed by atoms with Gasteiger partial charge < -0.3 is 4.90 Å². The Hall–Kier alpha value is -0.510. The van der Waals surface area contributed by atoms with Gasteiger partial charge in [0.2, 0.25) is 0 Å². The number of rotatable bonds is 3. The van der Waals surface area contributed by atoms with Crippen LogP contribution in [0.4, 0.5) is 0 Å². The van der Waals surface area contributed by atoms with Crippen LogP contribution in [0.3, 0.4) is 0 Å². The summed E-state index contributed by atoms with van der Waals surface area (Å²) < 4.78 is 0. The average molecular weight is 283 g/mol. The first-order valence-corrected chi connectivity index (χ1v) is 7.87. The molecular weight excluding hydrogens is 266 g/mol. The molecule has 0 amide bonds. The fourth-order valence-electron chi connectivity index (χ4n) is 3.02. The molecule has 3 aliphatic heterocycles. The second-order valence-corrected chi connectivity index (χ2v) is 6.68. The molecule has 3 saturated heterocycles. The van der Waals surface area contributed by atoms with Crippen LogP contribution >= 0.6 is 23.4 Å². The first-order valence-electron chi connectivity index (χ1n) is 6.51. The Labute approximate surface area is 117 Å². The molecule has 0 spiro atoms. The van der Waals surface area contributed by atoms with E-state index >= 15 is 0 Å². The van der Waals surface area contributed by atoms with Gasteiger partial charge in [-0.15, -0.1) is 11.8 Å². The molecular formula is C14H17ClNOS+. The summed E-state index contributed by atoms with van der Waals surface area (Å²) in [4.78, 5) is 14.9. The lowest BCUT2D eigenvalue weighted by Crippen LogP contribution is -3.20. The zero-order chi connectivity index (χ0) is 12.5. The summed E-state index contributed by atoms with van der Waals surface area (Å²) in [6.07, 6.45) is 2.21. The van der Waals surface area contributed by atoms with Crippen LogP contribution in [0.1, 0.15) is 12.8 Å². The van der Waals surface area contributed by atoms with Crippen LogP contribution in [0.15, 0.2) is 29.2 Å². The van der Waals surface area contributed by atoms with E-state index < -0.39 is 0 Å². The Morgan fingerprint density at radius 3 is 2.50 bits per heavy atom. The fourth-order valence-corrected chi connectivity index (χ4v) is 4.23. The lowest BCUT2D eigenvalue weighted by atomic mass is 9.83. The molecule has 96 valence electrons. The van der Waals surface area contributed by atoms with Crippen LogP contribution in [0.5, 0.6) is 0 Å². The van der Waals surface area contributed by atoms with E-state index in [1.165, 1.54) is 22.9 Å². The summed E-state index contributed by atoms with van der Waals surface area (Å²) in [5.74, 6) is 1.77. The number of hydrogen-bond acceptors (Lipinski definition) is 2. The van der Waals surface area contributed by atoms with E-state index in [2.05, 4.69) is 0 Å². The number of benzene rings is 1. The van der Waals surface area contributed by atoms with Crippen LogP contribution in [0.2, 0.25) is 5.02 Å². The van der Waals surface area contributed by atoms with Crippen LogP contribution in [0.25, 0.3) is 0 Å². The van der Waals surface area contributed by atoms with Gasteiger partial charge >= 0.3 is 0 Å². The monoisotopic (exact) mass is 282 g/mol. The number of thioether (sulfide) groups is 1. The molecule has 18 heavy (non-hydrogen) atoms. The Balaban J connectivity index is 1.63. The van der Waals surface area contributed by atoms with Crippen LogP contribution < -0.4 is 4.90 Å². The average Bonchev–Trinajstić information content (AvgIpc) is 2.41. The number of carbonyl (C=O) groups excluding carboxylic acids is 1. The molecule has 0 aliphatic carbocycles. The second kappa shape index (κ2) is 5.24. The molecule has 4 rings (SSSR count). The molecule has 0 saturated carbocycles. The first-order chi connectivity index (χ1) is 8.74. The minimum atomic E-state index is 0.221. The van der Waals surface area contributed by atoms with Gasteiger partial charge in [-0.05, 0) is 24.3 Å². The molecule has 0 aromatic heterocycles. The van der Waals surface area contributed by atoms with Gasteiger partial charge in [0.1, 0.15) is 0 Å². The maximum Gasteiger partial charge on any atom is 0.194 e. The molecule has 2 bridgehead atoms. The van der Waals surface area contributed by atoms with Crippen molar-refractivity contribution in [1.29, 1.82) is 0 Å². The van der Waals surface area contributed by atoms with Gasteiger partial charge in [-0.3, -0.25) is 4.79 Å². The highest BCUT2D eigenvalue weighted by Gasteiger charge is 2.44. The summed E-state index contributed by atoms with van der Waals surface area (Å²) in [6, 6.07) is 8.10. The Morgan fingerprint density at radius 2 is 1.89 bits per heavy atom. The van der Waals surface area contributed by atoms with Gasteiger partial charge in [-0.2, -0.15) is 0 Å². The number of carbonyl (C=O) groups is 1. The standard InChI is InChI=1S/C14H16ClNOS/c15-11-1-3-12(4-2-11)18-9-13-14(17)10-5-7-16(13)8-6-10/h1-4,10,13H,5-9H2/p+1/t13-/m1/s1. The molecule has 1 atom stereocenters. The van der Waals surface area contributed by atoms with Gasteiger partial charge in [0.05, 0.1) is 18.8 Å². The molecule has 1 aromatic rings. The minimum absolute atomic E-state index is 0.221. The summed E-state index contributed by atoms with van der Waals surface area (Å²) in [6.45, 7) is 2.37. The normalized spacial score (nSPS) is 30.7. The predicted octanol–water partition coefficient (Wildman–Crippen LogP) is 1.68. The second-order valence-electron chi connectivity index (χ2n) is 5.15. The number of piperidine rings is 3. The Kier molecular flexibility index (Phi) is 3.64. The van der Waals surface area contributed by atoms with E-state index in [1.54, 1.807) is 11.8 Å². The summed E-state index contributed by atoms with van der Waals surface area (Å²) in [5, 5.41) is 0.765. The summed E-state index contributed by atoms with van der Waals surface area (Å²) >= 11 is 7.65. The topological polar surface area (TPSA) is 21.5 Å². The van der Waals surface area contributed by atoms with Gasteiger partial charge in [0.25, 0.3) is 0 Å². The summed E-state index contributed by atoms with van der Waals surface area (Å²) in [7, 11) is 0. The van der Waals surface area contributed by atoms with Crippen LogP contribution in [0, 0.1) is 5.92 Å². The molecule has 3 fully saturated rings. The third-order valence-electron chi connectivity index (χ3n) is 4.10. The van der Waals surface area contributed by atoms with Crippen LogP contribution in [-0.4, -0.2) is 30.7 Å². The maximum atomic E-state index is 12.2. The fraction of sp³-hybridized carbons (Fsp3) is 0.500. The van der Waals surface area contributed by atoms with Gasteiger partial charge in [0.15, 0.2) is 11.8 Å². The van der Waals surface area contributed by atoms with Crippen molar-refractivity contribution in [3.05, 3.63) is 29.3 Å². The third-order valence-corrected chi connectivity index (χ3v) is 5.45. The van der Waals surface area contributed by atoms with Gasteiger partial charge in [-0.1, -0.05) is 11.6 Å². The van der Waals surface area contributed by atoms with Gasteiger partial charge in [-0.25, -0.2) is 0 Å². The van der Waals surface area contributed by atoms with Crippen molar-refractivity contribution >= 4 is 29.1 Å². The Bertz CT molecular complexity index is 440. The van der Waals surface area contributed by atoms with E-state index in [0.29, 0.717) is 11.7 Å². The molecule has 3 heterocycles. The van der Waals surface area contributed by atoms with Crippen molar-refractivity contribution in [2.75, 3.05) is 18.8 Å². The highest BCUT2D eigenvalue weighted by atomic mass is 35.5. The smallest absolute Gasteiger partial charge is 0.194 e. The number of ketones is 1. The Morgan fingerprint density at radius 1 is 1.22 bits per heavy atom. The quantitative estimate of drug-likeness (QED) is 0.852. The lowest BCUT2D eigenvalue weighted by Gasteiger charge is -2.40. The predicted molar refractivity (Wildman–Crippen MR) is 74.4 cm³/mol. The molecule has 2 nitrogen and oxygen atoms in total. The highest BCUT2D eigenvalue weighted by molar-refractivity contribution is 7.99.